The molecule has 0 aliphatic carbocycles. The van der Waals surface area contributed by atoms with Crippen molar-refractivity contribution in [2.24, 2.45) is 5.92 Å². The van der Waals surface area contributed by atoms with Gasteiger partial charge in [-0.25, -0.2) is 9.59 Å². The van der Waals surface area contributed by atoms with E-state index in [1.807, 2.05) is 6.92 Å². The van der Waals surface area contributed by atoms with E-state index in [0.29, 0.717) is 36.1 Å². The lowest BCUT2D eigenvalue weighted by atomic mass is 9.90. The number of hydroxylamine groups is 2. The first kappa shape index (κ1) is 43.0. The molecule has 3 rings (SSSR count). The number of rotatable bonds is 22. The van der Waals surface area contributed by atoms with Gasteiger partial charge in [0, 0.05) is 11.3 Å². The van der Waals surface area contributed by atoms with Gasteiger partial charge < -0.3 is 45.9 Å². The van der Waals surface area contributed by atoms with Gasteiger partial charge in [-0.15, -0.1) is 0 Å². The summed E-state index contributed by atoms with van der Waals surface area (Å²) >= 11 is 0. The number of carboxylic acid groups (broad SMARTS) is 2. The first-order valence-corrected chi connectivity index (χ1v) is 17.7. The molecule has 0 aliphatic rings. The van der Waals surface area contributed by atoms with Crippen molar-refractivity contribution in [2.75, 3.05) is 19.0 Å². The third-order valence-corrected chi connectivity index (χ3v) is 8.56. The average molecular weight is 766 g/mol. The lowest BCUT2D eigenvalue weighted by Crippen LogP contribution is -2.49. The van der Waals surface area contributed by atoms with Crippen LogP contribution in [0.25, 0.3) is 11.3 Å². The Labute approximate surface area is 317 Å². The number of carboxylic acids is 2. The number of amides is 4. The van der Waals surface area contributed by atoms with Gasteiger partial charge in [0.15, 0.2) is 5.76 Å². The highest BCUT2D eigenvalue weighted by Gasteiger charge is 2.34. The van der Waals surface area contributed by atoms with Gasteiger partial charge in [-0.1, -0.05) is 39.2 Å². The summed E-state index contributed by atoms with van der Waals surface area (Å²) < 4.78 is 11.3. The van der Waals surface area contributed by atoms with Crippen LogP contribution in [0.2, 0.25) is 0 Å². The van der Waals surface area contributed by atoms with Gasteiger partial charge in [-0.3, -0.25) is 24.0 Å². The Balaban J connectivity index is 1.70. The van der Waals surface area contributed by atoms with Crippen molar-refractivity contribution in [3.63, 3.8) is 0 Å². The number of carbonyl (C=O) groups is 7. The standard InChI is InChI=1S/C38H47N5O12/c1-5-8-9-10-26(29(6-2)43(21-44)55-38(52)25-14-12-24(39)17-22(25)4)34(47)40-20-41-36(49)31-16-15-30(54-31)23-11-13-27(32(18-23)53-7-3)35(48)42-28(37(50)51)19-33(45)46/h11-18,21,26,28-29H,5-10,19-20,39H2,1-4H3,(H,40,47)(H,41,49)(H,42,48)(H,45,46)(H,50,51)/t26?,28?,29-/m1/s1. The van der Waals surface area contributed by atoms with Crippen molar-refractivity contribution in [2.45, 2.75) is 78.3 Å². The summed E-state index contributed by atoms with van der Waals surface area (Å²) in [5.41, 5.74) is 7.38. The molecule has 55 heavy (non-hydrogen) atoms. The summed E-state index contributed by atoms with van der Waals surface area (Å²) in [7, 11) is 0. The number of ether oxygens (including phenoxy) is 1. The van der Waals surface area contributed by atoms with E-state index >= 15 is 0 Å². The number of nitrogens with two attached hydrogens (primary N) is 1. The van der Waals surface area contributed by atoms with Crippen molar-refractivity contribution >= 4 is 47.7 Å². The minimum absolute atomic E-state index is 0.0489. The van der Waals surface area contributed by atoms with Crippen molar-refractivity contribution in [1.29, 1.82) is 0 Å². The molecule has 0 aliphatic heterocycles. The van der Waals surface area contributed by atoms with Crippen LogP contribution >= 0.6 is 0 Å². The molecule has 2 aromatic carbocycles. The molecule has 17 nitrogen and oxygen atoms in total. The molecule has 0 spiro atoms. The second-order valence-corrected chi connectivity index (χ2v) is 12.5. The number of nitrogen functional groups attached to an aromatic ring is 1. The molecular weight excluding hydrogens is 718 g/mol. The number of hydrogen-bond acceptors (Lipinski definition) is 11. The van der Waals surface area contributed by atoms with E-state index in [1.165, 1.54) is 36.4 Å². The minimum Gasteiger partial charge on any atom is -0.493 e. The molecule has 1 aromatic heterocycles. The van der Waals surface area contributed by atoms with E-state index in [-0.39, 0.29) is 48.1 Å². The number of aryl methyl sites for hydroxylation is 1. The highest BCUT2D eigenvalue weighted by Crippen LogP contribution is 2.29. The van der Waals surface area contributed by atoms with Crippen LogP contribution in [0.5, 0.6) is 5.75 Å². The molecule has 0 saturated carbocycles. The van der Waals surface area contributed by atoms with E-state index in [0.717, 1.165) is 17.9 Å². The maximum Gasteiger partial charge on any atom is 0.363 e. The predicted molar refractivity (Wildman–Crippen MR) is 198 cm³/mol. The second-order valence-electron chi connectivity index (χ2n) is 12.5. The second kappa shape index (κ2) is 20.7. The third-order valence-electron chi connectivity index (χ3n) is 8.56. The summed E-state index contributed by atoms with van der Waals surface area (Å²) in [6.45, 7) is 6.96. The van der Waals surface area contributed by atoms with E-state index in [4.69, 9.17) is 24.8 Å². The predicted octanol–water partition coefficient (Wildman–Crippen LogP) is 3.90. The Hall–Kier alpha value is -6.39. The van der Waals surface area contributed by atoms with Crippen LogP contribution in [-0.2, 0) is 24.0 Å². The van der Waals surface area contributed by atoms with Crippen LogP contribution in [0.3, 0.4) is 0 Å². The number of nitrogens with one attached hydrogen (secondary N) is 3. The van der Waals surface area contributed by atoms with Gasteiger partial charge in [-0.2, -0.15) is 5.06 Å². The molecule has 4 amide bonds. The molecule has 0 saturated heterocycles. The Morgan fingerprint density at radius 3 is 2.27 bits per heavy atom. The molecule has 0 fully saturated rings. The maximum atomic E-state index is 13.5. The lowest BCUT2D eigenvalue weighted by Gasteiger charge is -2.32. The molecule has 2 unspecified atom stereocenters. The highest BCUT2D eigenvalue weighted by molar-refractivity contribution is 6.00. The molecule has 7 N–H and O–H groups in total. The van der Waals surface area contributed by atoms with Crippen molar-refractivity contribution in [1.82, 2.24) is 21.0 Å². The zero-order valence-corrected chi connectivity index (χ0v) is 31.1. The summed E-state index contributed by atoms with van der Waals surface area (Å²) in [5.74, 6) is -6.32. The largest absolute Gasteiger partial charge is 0.493 e. The molecule has 3 atom stereocenters. The van der Waals surface area contributed by atoms with Crippen LogP contribution in [-0.4, -0.2) is 82.7 Å². The summed E-state index contributed by atoms with van der Waals surface area (Å²) in [6.07, 6.45) is 2.56. The number of anilines is 1. The van der Waals surface area contributed by atoms with Crippen LogP contribution in [0, 0.1) is 12.8 Å². The van der Waals surface area contributed by atoms with Gasteiger partial charge in [-0.05, 0) is 74.7 Å². The Morgan fingerprint density at radius 2 is 1.65 bits per heavy atom. The molecular formula is C38H47N5O12. The number of hydrogen-bond donors (Lipinski definition) is 6. The van der Waals surface area contributed by atoms with Gasteiger partial charge in [0.25, 0.3) is 11.8 Å². The zero-order valence-electron chi connectivity index (χ0n) is 31.1. The quantitative estimate of drug-likeness (QED) is 0.0279. The fourth-order valence-corrected chi connectivity index (χ4v) is 5.78. The van der Waals surface area contributed by atoms with Gasteiger partial charge in [0.1, 0.15) is 17.6 Å². The number of furan rings is 1. The Kier molecular flexibility index (Phi) is 16.2. The number of benzene rings is 2. The van der Waals surface area contributed by atoms with Crippen LogP contribution in [0.4, 0.5) is 5.69 Å². The number of aliphatic carboxylic acids is 2. The van der Waals surface area contributed by atoms with E-state index in [9.17, 15) is 38.7 Å². The molecule has 1 heterocycles. The van der Waals surface area contributed by atoms with Crippen LogP contribution in [0.1, 0.15) is 96.1 Å². The van der Waals surface area contributed by atoms with Crippen molar-refractivity contribution < 1.29 is 57.8 Å². The smallest absolute Gasteiger partial charge is 0.363 e. The topological polar surface area (TPSA) is 257 Å². The first-order valence-electron chi connectivity index (χ1n) is 17.7. The Morgan fingerprint density at radius 1 is 0.927 bits per heavy atom. The molecule has 3 aromatic rings. The monoisotopic (exact) mass is 765 g/mol. The van der Waals surface area contributed by atoms with Gasteiger partial charge in [0.05, 0.1) is 42.8 Å². The third kappa shape index (κ3) is 12.1. The highest BCUT2D eigenvalue weighted by atomic mass is 16.7. The van der Waals surface area contributed by atoms with Crippen LogP contribution < -0.4 is 26.4 Å². The van der Waals surface area contributed by atoms with Crippen LogP contribution in [0.15, 0.2) is 52.9 Å². The van der Waals surface area contributed by atoms with E-state index in [1.54, 1.807) is 32.9 Å². The number of unbranched alkanes of at least 4 members (excludes halogenated alkanes) is 2. The molecule has 0 radical (unpaired) electrons. The van der Waals surface area contributed by atoms with Crippen molar-refractivity contribution in [3.05, 3.63) is 71.0 Å². The normalized spacial score (nSPS) is 12.4. The number of carbonyl (C=O) groups excluding carboxylic acids is 5. The fraction of sp³-hybridized carbons (Fsp3) is 0.395. The molecule has 296 valence electrons. The van der Waals surface area contributed by atoms with Gasteiger partial charge >= 0.3 is 17.9 Å². The number of nitrogens with zero attached hydrogens (tertiary/aromatic N) is 1. The fourth-order valence-electron chi connectivity index (χ4n) is 5.78. The average Bonchev–Trinajstić information content (AvgIpc) is 3.64. The summed E-state index contributed by atoms with van der Waals surface area (Å²) in [6, 6.07) is 9.34. The minimum atomic E-state index is -1.67. The lowest BCUT2D eigenvalue weighted by molar-refractivity contribution is -0.171. The summed E-state index contributed by atoms with van der Waals surface area (Å²) in [4.78, 5) is 92.5. The Bertz CT molecular complexity index is 1860. The zero-order chi connectivity index (χ0) is 40.7. The van der Waals surface area contributed by atoms with Crippen molar-refractivity contribution in [3.8, 4) is 17.1 Å². The summed E-state index contributed by atoms with van der Waals surface area (Å²) in [5, 5.41) is 26.6. The maximum absolute atomic E-state index is 13.5. The van der Waals surface area contributed by atoms with E-state index < -0.39 is 60.1 Å². The molecule has 17 heteroatoms. The van der Waals surface area contributed by atoms with Gasteiger partial charge in [0.2, 0.25) is 12.3 Å². The SMILES string of the molecule is CCCCCC(C(=O)NCNC(=O)c1ccc(-c2ccc(C(=O)NC(CC(=O)O)C(=O)O)c(OCC)c2)o1)[C@@H](CC)N(C=O)OC(=O)c1ccc(N)cc1C. The first-order chi connectivity index (χ1) is 26.2. The van der Waals surface area contributed by atoms with E-state index in [2.05, 4.69) is 16.0 Å². The molecule has 0 bridgehead atoms.